The second-order valence-corrected chi connectivity index (χ2v) is 15.0. The average molecular weight is 791 g/mol. The van der Waals surface area contributed by atoms with Gasteiger partial charge in [0.1, 0.15) is 6.04 Å². The molecule has 296 valence electrons. The van der Waals surface area contributed by atoms with Crippen molar-refractivity contribution in [3.63, 3.8) is 0 Å². The zero-order valence-corrected chi connectivity index (χ0v) is 33.8. The highest BCUT2D eigenvalue weighted by Gasteiger charge is 2.43. The predicted octanol–water partition coefficient (Wildman–Crippen LogP) is 9.05. The topological polar surface area (TPSA) is 93.7 Å². The van der Waals surface area contributed by atoms with Crippen molar-refractivity contribution in [2.45, 2.75) is 49.1 Å². The van der Waals surface area contributed by atoms with E-state index in [1.165, 1.54) is 0 Å². The molecule has 0 radical (unpaired) electrons. The molecule has 1 amide bonds. The van der Waals surface area contributed by atoms with Crippen molar-refractivity contribution in [1.29, 1.82) is 0 Å². The SMILES string of the molecule is CCOC(=O)CC[C@@H](NC(=O)[C@H](CSC(c1ccccc1)(c1ccccc1)c1ccccc1)NC(c1ccccc1)(c1ccccc1)c1ccccc1)C(=O)OCC. The standard InChI is InChI=1S/C50H50N2O5S/c1-3-56-46(53)36-35-44(48(55)57-4-2)51-47(54)45(52-49(38-23-11-5-12-24-38,39-25-13-6-14-26-39)40-27-15-7-16-28-40)37-58-50(41-29-17-8-18-30-41,42-31-19-9-20-32-42)43-33-21-10-22-34-43/h5-34,44-45,52H,3-4,35-37H2,1-2H3,(H,51,54)/t44-,45+/m1/s1. The number of hydrogen-bond donors (Lipinski definition) is 2. The summed E-state index contributed by atoms with van der Waals surface area (Å²) in [5, 5.41) is 6.96. The van der Waals surface area contributed by atoms with Crippen LogP contribution in [0.5, 0.6) is 0 Å². The zero-order valence-electron chi connectivity index (χ0n) is 33.0. The van der Waals surface area contributed by atoms with Gasteiger partial charge in [-0.15, -0.1) is 11.8 Å². The predicted molar refractivity (Wildman–Crippen MR) is 232 cm³/mol. The Morgan fingerprint density at radius 2 is 0.879 bits per heavy atom. The molecule has 58 heavy (non-hydrogen) atoms. The Kier molecular flexibility index (Phi) is 14.7. The lowest BCUT2D eigenvalue weighted by molar-refractivity contribution is -0.149. The molecule has 6 aromatic rings. The van der Waals surface area contributed by atoms with Crippen molar-refractivity contribution < 1.29 is 23.9 Å². The molecule has 7 nitrogen and oxygen atoms in total. The Hall–Kier alpha value is -5.96. The number of esters is 2. The van der Waals surface area contributed by atoms with Crippen LogP contribution >= 0.6 is 11.8 Å². The van der Waals surface area contributed by atoms with Crippen LogP contribution < -0.4 is 10.6 Å². The van der Waals surface area contributed by atoms with Crippen LogP contribution in [0.4, 0.5) is 0 Å². The van der Waals surface area contributed by atoms with E-state index in [0.717, 1.165) is 33.4 Å². The second-order valence-electron chi connectivity index (χ2n) is 13.8. The molecular formula is C50H50N2O5S. The third-order valence-corrected chi connectivity index (χ3v) is 11.8. The minimum absolute atomic E-state index is 0.0203. The molecular weight excluding hydrogens is 741 g/mol. The number of thioether (sulfide) groups is 1. The Morgan fingerprint density at radius 1 is 0.517 bits per heavy atom. The van der Waals surface area contributed by atoms with Crippen LogP contribution in [-0.4, -0.2) is 48.9 Å². The van der Waals surface area contributed by atoms with E-state index in [4.69, 9.17) is 9.47 Å². The minimum Gasteiger partial charge on any atom is -0.466 e. The van der Waals surface area contributed by atoms with Crippen LogP contribution in [0, 0.1) is 0 Å². The number of ether oxygens (including phenoxy) is 2. The van der Waals surface area contributed by atoms with Gasteiger partial charge < -0.3 is 14.8 Å². The molecule has 0 heterocycles. The lowest BCUT2D eigenvalue weighted by Crippen LogP contribution is -2.58. The molecule has 0 aliphatic carbocycles. The number of rotatable bonds is 19. The molecule has 6 rings (SSSR count). The number of nitrogens with one attached hydrogen (secondary N) is 2. The summed E-state index contributed by atoms with van der Waals surface area (Å²) in [6, 6.07) is 59.4. The third-order valence-electron chi connectivity index (χ3n) is 10.2. The van der Waals surface area contributed by atoms with E-state index < -0.39 is 40.2 Å². The third kappa shape index (κ3) is 9.59. The van der Waals surface area contributed by atoms with Gasteiger partial charge in [0.05, 0.1) is 29.5 Å². The van der Waals surface area contributed by atoms with Crippen molar-refractivity contribution in [3.05, 3.63) is 215 Å². The van der Waals surface area contributed by atoms with Gasteiger partial charge in [-0.2, -0.15) is 0 Å². The number of carbonyl (C=O) groups is 3. The Labute approximate surface area is 346 Å². The molecule has 0 fully saturated rings. The smallest absolute Gasteiger partial charge is 0.328 e. The molecule has 6 aromatic carbocycles. The maximum atomic E-state index is 15.2. The first-order valence-electron chi connectivity index (χ1n) is 19.8. The highest BCUT2D eigenvalue weighted by atomic mass is 32.2. The molecule has 0 aliphatic rings. The van der Waals surface area contributed by atoms with E-state index in [1.54, 1.807) is 25.6 Å². The van der Waals surface area contributed by atoms with E-state index in [1.807, 2.05) is 109 Å². The first-order valence-corrected chi connectivity index (χ1v) is 20.8. The minimum atomic E-state index is -1.09. The van der Waals surface area contributed by atoms with Crippen molar-refractivity contribution in [2.24, 2.45) is 0 Å². The lowest BCUT2D eigenvalue weighted by atomic mass is 9.76. The van der Waals surface area contributed by atoms with Crippen molar-refractivity contribution >= 4 is 29.6 Å². The quantitative estimate of drug-likeness (QED) is 0.0625. The van der Waals surface area contributed by atoms with Gasteiger partial charge in [-0.25, -0.2) is 4.79 Å². The fourth-order valence-corrected chi connectivity index (χ4v) is 9.05. The fourth-order valence-electron chi connectivity index (χ4n) is 7.50. The van der Waals surface area contributed by atoms with Gasteiger partial charge in [0, 0.05) is 12.2 Å². The molecule has 0 spiro atoms. The lowest BCUT2D eigenvalue weighted by Gasteiger charge is -2.41. The molecule has 0 unspecified atom stereocenters. The van der Waals surface area contributed by atoms with E-state index in [9.17, 15) is 9.59 Å². The second kappa shape index (κ2) is 20.5. The van der Waals surface area contributed by atoms with Gasteiger partial charge in [-0.1, -0.05) is 182 Å². The molecule has 8 heteroatoms. The monoisotopic (exact) mass is 790 g/mol. The first-order chi connectivity index (χ1) is 28.4. The summed E-state index contributed by atoms with van der Waals surface area (Å²) in [6.45, 7) is 3.78. The Bertz CT molecular complexity index is 1980. The van der Waals surface area contributed by atoms with Gasteiger partial charge in [-0.05, 0) is 53.6 Å². The molecule has 0 aliphatic heterocycles. The molecule has 0 saturated carbocycles. The summed E-state index contributed by atoms with van der Waals surface area (Å²) in [6.07, 6.45) is -0.0436. The Balaban J connectivity index is 1.53. The zero-order chi connectivity index (χ0) is 40.6. The van der Waals surface area contributed by atoms with Crippen LogP contribution in [-0.2, 0) is 34.1 Å². The number of amides is 1. The van der Waals surface area contributed by atoms with Crippen LogP contribution in [0.2, 0.25) is 0 Å². The van der Waals surface area contributed by atoms with Gasteiger partial charge in [0.25, 0.3) is 0 Å². The van der Waals surface area contributed by atoms with Gasteiger partial charge in [-0.3, -0.25) is 14.9 Å². The highest BCUT2D eigenvalue weighted by Crippen LogP contribution is 2.49. The van der Waals surface area contributed by atoms with E-state index >= 15 is 4.79 Å². The highest BCUT2D eigenvalue weighted by molar-refractivity contribution is 8.00. The largest absolute Gasteiger partial charge is 0.466 e. The van der Waals surface area contributed by atoms with E-state index in [0.29, 0.717) is 0 Å². The van der Waals surface area contributed by atoms with Crippen LogP contribution in [0.15, 0.2) is 182 Å². The number of carbonyl (C=O) groups excluding carboxylic acids is 3. The van der Waals surface area contributed by atoms with Gasteiger partial charge >= 0.3 is 11.9 Å². The number of hydrogen-bond acceptors (Lipinski definition) is 7. The first kappa shape index (κ1) is 41.7. The van der Waals surface area contributed by atoms with Crippen molar-refractivity contribution in [1.82, 2.24) is 10.6 Å². The van der Waals surface area contributed by atoms with Crippen LogP contribution in [0.1, 0.15) is 60.1 Å². The summed E-state index contributed by atoms with van der Waals surface area (Å²) in [7, 11) is 0. The number of benzene rings is 6. The van der Waals surface area contributed by atoms with Crippen molar-refractivity contribution in [2.75, 3.05) is 19.0 Å². The Morgan fingerprint density at radius 3 is 1.24 bits per heavy atom. The molecule has 2 N–H and O–H groups in total. The van der Waals surface area contributed by atoms with Crippen molar-refractivity contribution in [3.8, 4) is 0 Å². The van der Waals surface area contributed by atoms with Crippen LogP contribution in [0.25, 0.3) is 0 Å². The summed E-state index contributed by atoms with van der Waals surface area (Å²) in [5.41, 5.74) is 4.92. The maximum Gasteiger partial charge on any atom is 0.328 e. The van der Waals surface area contributed by atoms with Gasteiger partial charge in [0.2, 0.25) is 5.91 Å². The molecule has 0 saturated heterocycles. The average Bonchev–Trinajstić information content (AvgIpc) is 3.28. The summed E-state index contributed by atoms with van der Waals surface area (Å²) in [4.78, 5) is 41.2. The maximum absolute atomic E-state index is 15.2. The van der Waals surface area contributed by atoms with E-state index in [2.05, 4.69) is 83.4 Å². The normalized spacial score (nSPS) is 12.5. The molecule has 0 bridgehead atoms. The molecule has 2 atom stereocenters. The summed E-state index contributed by atoms with van der Waals surface area (Å²) in [5.74, 6) is -1.22. The van der Waals surface area contributed by atoms with E-state index in [-0.39, 0.29) is 31.8 Å². The molecule has 0 aromatic heterocycles. The summed E-state index contributed by atoms with van der Waals surface area (Å²) < 4.78 is 9.88. The van der Waals surface area contributed by atoms with Crippen LogP contribution in [0.3, 0.4) is 0 Å². The fraction of sp³-hybridized carbons (Fsp3) is 0.220. The summed E-state index contributed by atoms with van der Waals surface area (Å²) >= 11 is 1.65. The van der Waals surface area contributed by atoms with Gasteiger partial charge in [0.15, 0.2) is 0 Å².